The molecule has 0 aromatic heterocycles. The molecule has 2 aliphatic carbocycles. The van der Waals surface area contributed by atoms with E-state index in [9.17, 15) is 9.59 Å². The van der Waals surface area contributed by atoms with Crippen LogP contribution < -0.4 is 10.6 Å². The third-order valence-electron chi connectivity index (χ3n) is 11.7. The summed E-state index contributed by atoms with van der Waals surface area (Å²) in [5, 5.41) is 6.50. The van der Waals surface area contributed by atoms with Gasteiger partial charge in [0.2, 0.25) is 12.3 Å². The molecule has 6 aliphatic rings. The van der Waals surface area contributed by atoms with E-state index in [1.165, 1.54) is 56.1 Å². The lowest BCUT2D eigenvalue weighted by Crippen LogP contribution is -2.59. The Morgan fingerprint density at radius 3 is 1.74 bits per heavy atom. The largest absolute Gasteiger partial charge is 0.379 e. The number of carbonyl (C=O) groups is 2. The number of likely N-dealkylation sites (tertiary alicyclic amines) is 2. The second-order valence-corrected chi connectivity index (χ2v) is 14.5. The van der Waals surface area contributed by atoms with Crippen LogP contribution in [-0.2, 0) is 19.1 Å². The van der Waals surface area contributed by atoms with Crippen molar-refractivity contribution in [3.63, 3.8) is 0 Å². The van der Waals surface area contributed by atoms with Crippen molar-refractivity contribution in [2.45, 2.75) is 108 Å². The maximum absolute atomic E-state index is 13.0. The van der Waals surface area contributed by atoms with E-state index in [4.69, 9.17) is 9.47 Å². The van der Waals surface area contributed by atoms with E-state index in [0.717, 1.165) is 71.6 Å². The molecule has 4 saturated heterocycles. The molecule has 4 aliphatic heterocycles. The van der Waals surface area contributed by atoms with Gasteiger partial charge in [-0.2, -0.15) is 0 Å². The molecule has 2 aromatic rings. The fourth-order valence-electron chi connectivity index (χ4n) is 9.42. The van der Waals surface area contributed by atoms with E-state index in [2.05, 4.69) is 81.1 Å². The summed E-state index contributed by atoms with van der Waals surface area (Å²) in [5.41, 5.74) is 2.93. The van der Waals surface area contributed by atoms with Crippen LogP contribution in [0.5, 0.6) is 0 Å². The van der Waals surface area contributed by atoms with E-state index in [1.807, 2.05) is 13.8 Å². The smallest absolute Gasteiger partial charge is 0.242 e. The van der Waals surface area contributed by atoms with E-state index in [-0.39, 0.29) is 11.9 Å². The molecular formula is C42H64N4O4. The van der Waals surface area contributed by atoms with Crippen LogP contribution in [-0.4, -0.2) is 99.4 Å². The van der Waals surface area contributed by atoms with E-state index in [1.54, 1.807) is 0 Å². The fourth-order valence-corrected chi connectivity index (χ4v) is 9.42. The normalized spacial score (nSPS) is 30.6. The van der Waals surface area contributed by atoms with Gasteiger partial charge in [0.25, 0.3) is 0 Å². The Balaban J connectivity index is 0.000000164. The first-order chi connectivity index (χ1) is 24.7. The minimum atomic E-state index is -0.144. The monoisotopic (exact) mass is 688 g/mol. The molecule has 3 unspecified atom stereocenters. The lowest BCUT2D eigenvalue weighted by atomic mass is 9.69. The van der Waals surface area contributed by atoms with Crippen LogP contribution >= 0.6 is 0 Å². The first kappa shape index (κ1) is 38.5. The number of hydrogen-bond acceptors (Lipinski definition) is 6. The molecule has 0 radical (unpaired) electrons. The van der Waals surface area contributed by atoms with Gasteiger partial charge in [0.05, 0.1) is 26.4 Å². The molecule has 2 amide bonds. The average Bonchev–Trinajstić information content (AvgIpc) is 3.22. The second-order valence-electron chi connectivity index (χ2n) is 14.5. The minimum Gasteiger partial charge on any atom is -0.379 e. The Labute approximate surface area is 302 Å². The highest BCUT2D eigenvalue weighted by atomic mass is 16.5. The van der Waals surface area contributed by atoms with Crippen LogP contribution in [0.25, 0.3) is 0 Å². The third-order valence-corrected chi connectivity index (χ3v) is 11.7. The van der Waals surface area contributed by atoms with E-state index < -0.39 is 0 Å². The standard InChI is InChI=1S/C20H28N2O2.C16H21NO.C4H9NO.C2H6/c23-20(18-14-24-13-11-21-18)22-12-10-16(15-6-2-1-3-7-15)17-8-4-5-9-19(17)22;18-12-17-11-10-14(13-6-2-1-3-7-13)15-8-4-5-9-16(15)17;1-3-6-4-2-5-1;1-2/h1-3,6-7,16-19,21H,4-5,8-14H2;1-3,6-7,12,14-16H,4-5,8-11H2;5H,1-4H2;1-2H3/t16-,17?,18-,19-;14-,15?,16?;;/m11../s1. The van der Waals surface area contributed by atoms with Crippen molar-refractivity contribution >= 4 is 12.3 Å². The zero-order valence-electron chi connectivity index (χ0n) is 30.9. The van der Waals surface area contributed by atoms with Gasteiger partial charge in [0, 0.05) is 44.8 Å². The summed E-state index contributed by atoms with van der Waals surface area (Å²) < 4.78 is 10.5. The molecule has 6 fully saturated rings. The first-order valence-corrected chi connectivity index (χ1v) is 20.0. The van der Waals surface area contributed by atoms with Crippen LogP contribution in [0, 0.1) is 11.8 Å². The fraction of sp³-hybridized carbons (Fsp3) is 0.667. The number of nitrogens with one attached hydrogen (secondary N) is 2. The van der Waals surface area contributed by atoms with Crippen LogP contribution in [0.2, 0.25) is 0 Å². The maximum Gasteiger partial charge on any atom is 0.242 e. The SMILES string of the molecule is C1COCCN1.CC.O=C([C@H]1COCCN1)N1CC[C@H](c2ccccc2)C2CCCC[C@H]21.O=CN1CC[C@H](c2ccccc2)C2CCCCC21. The van der Waals surface area contributed by atoms with Crippen LogP contribution in [0.15, 0.2) is 60.7 Å². The van der Waals surface area contributed by atoms with Crippen molar-refractivity contribution in [1.29, 1.82) is 0 Å². The minimum absolute atomic E-state index is 0.144. The van der Waals surface area contributed by atoms with Gasteiger partial charge in [-0.25, -0.2) is 0 Å². The number of amides is 2. The van der Waals surface area contributed by atoms with Crippen molar-refractivity contribution in [1.82, 2.24) is 20.4 Å². The quantitative estimate of drug-likeness (QED) is 0.364. The number of benzene rings is 2. The maximum atomic E-state index is 13.0. The van der Waals surface area contributed by atoms with Crippen molar-refractivity contribution in [3.8, 4) is 0 Å². The van der Waals surface area contributed by atoms with Crippen molar-refractivity contribution in [2.24, 2.45) is 11.8 Å². The molecule has 0 bridgehead atoms. The van der Waals surface area contributed by atoms with Crippen molar-refractivity contribution < 1.29 is 19.1 Å². The summed E-state index contributed by atoms with van der Waals surface area (Å²) in [7, 11) is 0. The zero-order valence-corrected chi connectivity index (χ0v) is 30.9. The predicted molar refractivity (Wildman–Crippen MR) is 201 cm³/mol. The van der Waals surface area contributed by atoms with E-state index in [0.29, 0.717) is 49.0 Å². The van der Waals surface area contributed by atoms with Gasteiger partial charge in [0.15, 0.2) is 0 Å². The van der Waals surface area contributed by atoms with E-state index >= 15 is 0 Å². The highest BCUT2D eigenvalue weighted by Crippen LogP contribution is 2.45. The molecule has 8 heteroatoms. The van der Waals surface area contributed by atoms with Gasteiger partial charge in [0.1, 0.15) is 6.04 Å². The summed E-state index contributed by atoms with van der Waals surface area (Å²) in [4.78, 5) is 28.5. The predicted octanol–water partition coefficient (Wildman–Crippen LogP) is 6.37. The lowest BCUT2D eigenvalue weighted by Gasteiger charge is -2.49. The molecule has 4 heterocycles. The number of ether oxygens (including phenoxy) is 2. The van der Waals surface area contributed by atoms with Gasteiger partial charge in [-0.3, -0.25) is 9.59 Å². The number of piperidine rings is 2. The molecule has 0 spiro atoms. The Kier molecular flexibility index (Phi) is 16.1. The number of rotatable bonds is 4. The molecule has 276 valence electrons. The zero-order chi connectivity index (χ0) is 35.0. The average molecular weight is 689 g/mol. The van der Waals surface area contributed by atoms with Crippen LogP contribution in [0.4, 0.5) is 0 Å². The van der Waals surface area contributed by atoms with Gasteiger partial charge in [-0.15, -0.1) is 0 Å². The Morgan fingerprint density at radius 1 is 0.680 bits per heavy atom. The topological polar surface area (TPSA) is 83.1 Å². The van der Waals surface area contributed by atoms with Crippen molar-refractivity contribution in [3.05, 3.63) is 71.8 Å². The summed E-state index contributed by atoms with van der Waals surface area (Å²) in [6.07, 6.45) is 13.4. The number of fused-ring (bicyclic) bond motifs is 2. The number of carbonyl (C=O) groups excluding carboxylic acids is 2. The molecule has 8 rings (SSSR count). The highest BCUT2D eigenvalue weighted by molar-refractivity contribution is 5.82. The molecule has 2 N–H and O–H groups in total. The molecule has 7 atom stereocenters. The molecule has 2 saturated carbocycles. The molecular weight excluding hydrogens is 624 g/mol. The molecule has 50 heavy (non-hydrogen) atoms. The third kappa shape index (κ3) is 10.2. The van der Waals surface area contributed by atoms with Gasteiger partial charge >= 0.3 is 0 Å². The van der Waals surface area contributed by atoms with Gasteiger partial charge in [-0.05, 0) is 73.3 Å². The summed E-state index contributed by atoms with van der Waals surface area (Å²) in [5.74, 6) is 2.82. The Morgan fingerprint density at radius 2 is 1.22 bits per heavy atom. The van der Waals surface area contributed by atoms with Crippen LogP contribution in [0.3, 0.4) is 0 Å². The summed E-state index contributed by atoms with van der Waals surface area (Å²) >= 11 is 0. The number of morpholine rings is 2. The second kappa shape index (κ2) is 20.9. The first-order valence-electron chi connectivity index (χ1n) is 20.0. The molecule has 2 aromatic carbocycles. The van der Waals surface area contributed by atoms with Crippen LogP contribution in [0.1, 0.15) is 101 Å². The summed E-state index contributed by atoms with van der Waals surface area (Å²) in [6, 6.07) is 22.6. The number of hydrogen-bond donors (Lipinski definition) is 2. The Hall–Kier alpha value is -2.78. The highest BCUT2D eigenvalue weighted by Gasteiger charge is 2.43. The number of nitrogens with zero attached hydrogens (tertiary/aromatic N) is 2. The van der Waals surface area contributed by atoms with Gasteiger partial charge < -0.3 is 29.9 Å². The summed E-state index contributed by atoms with van der Waals surface area (Å²) in [6.45, 7) is 11.7. The Bertz CT molecular complexity index is 1230. The lowest BCUT2D eigenvalue weighted by molar-refractivity contribution is -0.143. The molecule has 8 nitrogen and oxygen atoms in total. The van der Waals surface area contributed by atoms with Crippen molar-refractivity contribution in [2.75, 3.05) is 59.2 Å². The van der Waals surface area contributed by atoms with Gasteiger partial charge in [-0.1, -0.05) is 100 Å².